The summed E-state index contributed by atoms with van der Waals surface area (Å²) in [5, 5.41) is 8.58. The molecule has 3 heterocycles. The summed E-state index contributed by atoms with van der Waals surface area (Å²) < 4.78 is 6.55. The van der Waals surface area contributed by atoms with Crippen LogP contribution in [0.5, 0.6) is 0 Å². The Labute approximate surface area is 109 Å². The third-order valence-electron chi connectivity index (χ3n) is 3.04. The van der Waals surface area contributed by atoms with Gasteiger partial charge in [0, 0.05) is 26.0 Å². The Morgan fingerprint density at radius 1 is 1.39 bits per heavy atom. The van der Waals surface area contributed by atoms with Crippen LogP contribution in [0.25, 0.3) is 11.2 Å². The third kappa shape index (κ3) is 1.67. The molecule has 0 spiro atoms. The van der Waals surface area contributed by atoms with Crippen LogP contribution in [0.2, 0.25) is 0 Å². The minimum Gasteiger partial charge on any atom is -0.328 e. The van der Waals surface area contributed by atoms with E-state index in [1.165, 1.54) is 0 Å². The summed E-state index contributed by atoms with van der Waals surface area (Å²) in [6, 6.07) is 1.92. The lowest BCUT2D eigenvalue weighted by Gasteiger charge is -2.05. The Morgan fingerprint density at radius 3 is 2.94 bits per heavy atom. The third-order valence-corrected chi connectivity index (χ3v) is 3.36. The van der Waals surface area contributed by atoms with Crippen molar-refractivity contribution in [1.82, 2.24) is 29.1 Å². The van der Waals surface area contributed by atoms with Crippen LogP contribution in [0.15, 0.2) is 18.5 Å². The number of nitrogens with one attached hydrogen (secondary N) is 1. The maximum absolute atomic E-state index is 5.36. The minimum atomic E-state index is 0.730. The first-order valence-corrected chi connectivity index (χ1v) is 6.17. The van der Waals surface area contributed by atoms with E-state index in [9.17, 15) is 0 Å². The summed E-state index contributed by atoms with van der Waals surface area (Å²) in [5.41, 5.74) is 3.02. The normalized spacial score (nSPS) is 11.4. The fraction of sp³-hybridized carbons (Fsp3) is 0.364. The zero-order chi connectivity index (χ0) is 12.7. The van der Waals surface area contributed by atoms with Gasteiger partial charge in [0.1, 0.15) is 5.52 Å². The summed E-state index contributed by atoms with van der Waals surface area (Å²) in [5.74, 6) is 0. The standard InChI is InChI=1S/C11H14N6S/c1-8-9-10(15(2)14-8)17(11(18)13-9)7-6-16-5-3-4-12-16/h3-5H,6-7H2,1-2H3,(H,13,18). The summed E-state index contributed by atoms with van der Waals surface area (Å²) in [4.78, 5) is 3.21. The molecule has 0 saturated carbocycles. The maximum Gasteiger partial charge on any atom is 0.179 e. The fourth-order valence-electron chi connectivity index (χ4n) is 2.22. The Balaban J connectivity index is 2.00. The van der Waals surface area contributed by atoms with Gasteiger partial charge in [0.15, 0.2) is 10.4 Å². The number of aromatic amines is 1. The maximum atomic E-state index is 5.36. The van der Waals surface area contributed by atoms with Crippen molar-refractivity contribution in [3.8, 4) is 0 Å². The fourth-order valence-corrected chi connectivity index (χ4v) is 2.50. The van der Waals surface area contributed by atoms with E-state index in [1.54, 1.807) is 6.20 Å². The number of hydrogen-bond acceptors (Lipinski definition) is 3. The summed E-state index contributed by atoms with van der Waals surface area (Å²) >= 11 is 5.36. The van der Waals surface area contributed by atoms with Crippen molar-refractivity contribution < 1.29 is 0 Å². The van der Waals surface area contributed by atoms with E-state index in [1.807, 2.05) is 35.6 Å². The van der Waals surface area contributed by atoms with Gasteiger partial charge >= 0.3 is 0 Å². The first-order valence-electron chi connectivity index (χ1n) is 5.76. The van der Waals surface area contributed by atoms with Crippen LogP contribution in [0.3, 0.4) is 0 Å². The number of rotatable bonds is 3. The van der Waals surface area contributed by atoms with E-state index in [4.69, 9.17) is 12.2 Å². The molecule has 0 atom stereocenters. The molecule has 0 aromatic carbocycles. The summed E-state index contributed by atoms with van der Waals surface area (Å²) in [6.45, 7) is 3.55. The average molecular weight is 262 g/mol. The van der Waals surface area contributed by atoms with Crippen LogP contribution in [0, 0.1) is 11.7 Å². The molecule has 0 radical (unpaired) electrons. The topological polar surface area (TPSA) is 56.4 Å². The Bertz CT molecular complexity index is 730. The number of hydrogen-bond donors (Lipinski definition) is 1. The molecule has 0 amide bonds. The molecule has 0 unspecified atom stereocenters. The van der Waals surface area contributed by atoms with Crippen molar-refractivity contribution in [1.29, 1.82) is 0 Å². The number of nitrogens with zero attached hydrogens (tertiary/aromatic N) is 5. The lowest BCUT2D eigenvalue weighted by Crippen LogP contribution is -2.09. The largest absolute Gasteiger partial charge is 0.328 e. The van der Waals surface area contributed by atoms with Gasteiger partial charge in [0.2, 0.25) is 0 Å². The molecule has 7 heteroatoms. The van der Waals surface area contributed by atoms with Crippen LogP contribution in [-0.2, 0) is 20.1 Å². The molecule has 0 fully saturated rings. The molecule has 3 aromatic heterocycles. The van der Waals surface area contributed by atoms with Crippen molar-refractivity contribution in [3.63, 3.8) is 0 Å². The van der Waals surface area contributed by atoms with Crippen LogP contribution in [0.4, 0.5) is 0 Å². The quantitative estimate of drug-likeness (QED) is 0.730. The molecule has 3 aromatic rings. The minimum absolute atomic E-state index is 0.730. The molecule has 0 aliphatic carbocycles. The van der Waals surface area contributed by atoms with Gasteiger partial charge in [-0.25, -0.2) is 0 Å². The Morgan fingerprint density at radius 2 is 2.22 bits per heavy atom. The van der Waals surface area contributed by atoms with E-state index in [-0.39, 0.29) is 0 Å². The van der Waals surface area contributed by atoms with Crippen molar-refractivity contribution >= 4 is 23.4 Å². The number of imidazole rings is 1. The molecule has 3 rings (SSSR count). The van der Waals surface area contributed by atoms with Crippen LogP contribution in [-0.4, -0.2) is 29.1 Å². The first kappa shape index (κ1) is 11.2. The van der Waals surface area contributed by atoms with Gasteiger partial charge in [-0.05, 0) is 25.2 Å². The zero-order valence-corrected chi connectivity index (χ0v) is 11.1. The van der Waals surface area contributed by atoms with Gasteiger partial charge in [-0.3, -0.25) is 13.9 Å². The van der Waals surface area contributed by atoms with Gasteiger partial charge in [0.25, 0.3) is 0 Å². The smallest absolute Gasteiger partial charge is 0.179 e. The first-order chi connectivity index (χ1) is 8.66. The number of aryl methyl sites for hydroxylation is 4. The van der Waals surface area contributed by atoms with E-state index in [0.29, 0.717) is 0 Å². The highest BCUT2D eigenvalue weighted by atomic mass is 32.1. The highest BCUT2D eigenvalue weighted by molar-refractivity contribution is 7.71. The van der Waals surface area contributed by atoms with Crippen LogP contribution < -0.4 is 0 Å². The number of fused-ring (bicyclic) bond motifs is 1. The van der Waals surface area contributed by atoms with E-state index < -0.39 is 0 Å². The highest BCUT2D eigenvalue weighted by Crippen LogP contribution is 2.16. The Hall–Kier alpha value is -1.89. The van der Waals surface area contributed by atoms with E-state index >= 15 is 0 Å². The zero-order valence-electron chi connectivity index (χ0n) is 10.3. The Kier molecular flexibility index (Phi) is 2.55. The molecule has 18 heavy (non-hydrogen) atoms. The van der Waals surface area contributed by atoms with Crippen LogP contribution in [0.1, 0.15) is 5.69 Å². The van der Waals surface area contributed by atoms with Gasteiger partial charge < -0.3 is 4.98 Å². The van der Waals surface area contributed by atoms with Crippen molar-refractivity contribution in [2.45, 2.75) is 20.0 Å². The molecular formula is C11H14N6S. The molecule has 1 N–H and O–H groups in total. The van der Waals surface area contributed by atoms with Crippen molar-refractivity contribution in [2.24, 2.45) is 7.05 Å². The second-order valence-electron chi connectivity index (χ2n) is 4.26. The molecule has 0 bridgehead atoms. The lowest BCUT2D eigenvalue weighted by atomic mass is 10.4. The lowest BCUT2D eigenvalue weighted by molar-refractivity contribution is 0.530. The van der Waals surface area contributed by atoms with Gasteiger partial charge in [-0.15, -0.1) is 0 Å². The number of H-pyrrole nitrogens is 1. The van der Waals surface area contributed by atoms with E-state index in [2.05, 4.69) is 19.7 Å². The molecule has 0 saturated heterocycles. The SMILES string of the molecule is Cc1nn(C)c2c1[nH]c(=S)n2CCn1cccn1. The summed E-state index contributed by atoms with van der Waals surface area (Å²) in [6.07, 6.45) is 3.72. The van der Waals surface area contributed by atoms with E-state index in [0.717, 1.165) is 34.7 Å². The van der Waals surface area contributed by atoms with Crippen molar-refractivity contribution in [2.75, 3.05) is 0 Å². The second-order valence-corrected chi connectivity index (χ2v) is 4.65. The molecule has 0 aliphatic heterocycles. The molecule has 94 valence electrons. The van der Waals surface area contributed by atoms with Crippen LogP contribution >= 0.6 is 12.2 Å². The van der Waals surface area contributed by atoms with Gasteiger partial charge in [-0.2, -0.15) is 10.2 Å². The monoisotopic (exact) mass is 262 g/mol. The molecule has 6 nitrogen and oxygen atoms in total. The predicted octanol–water partition coefficient (Wildman–Crippen LogP) is 1.64. The van der Waals surface area contributed by atoms with Gasteiger partial charge in [0.05, 0.1) is 12.2 Å². The average Bonchev–Trinajstić information content (AvgIpc) is 2.98. The van der Waals surface area contributed by atoms with Gasteiger partial charge in [-0.1, -0.05) is 0 Å². The second kappa shape index (κ2) is 4.09. The van der Waals surface area contributed by atoms with Crippen molar-refractivity contribution in [3.05, 3.63) is 28.9 Å². The summed E-state index contributed by atoms with van der Waals surface area (Å²) in [7, 11) is 1.93. The molecular weight excluding hydrogens is 248 g/mol. The highest BCUT2D eigenvalue weighted by Gasteiger charge is 2.12. The molecule has 0 aliphatic rings. The number of aromatic nitrogens is 6. The predicted molar refractivity (Wildman–Crippen MR) is 70.9 cm³/mol.